The molecule has 1 heterocycles. The Bertz CT molecular complexity index is 193. The Morgan fingerprint density at radius 2 is 1.75 bits per heavy atom. The van der Waals surface area contributed by atoms with Gasteiger partial charge in [0.15, 0.2) is 0 Å². The Kier molecular flexibility index (Phi) is 7.32. The number of likely N-dealkylation sites (tertiary alicyclic amines) is 1. The maximum absolute atomic E-state index is 5.76. The summed E-state index contributed by atoms with van der Waals surface area (Å²) in [4.78, 5) is 2.63. The molecular weight excluding hydrogens is 196 g/mol. The van der Waals surface area contributed by atoms with E-state index in [-0.39, 0.29) is 0 Å². The molecule has 1 saturated heterocycles. The lowest BCUT2D eigenvalue weighted by Gasteiger charge is -2.26. The number of hydrogen-bond acceptors (Lipinski definition) is 2. The molecule has 94 valence electrons. The summed E-state index contributed by atoms with van der Waals surface area (Å²) in [5, 5.41) is 0. The first-order valence-electron chi connectivity index (χ1n) is 6.96. The molecule has 0 bridgehead atoms. The molecule has 1 aliphatic rings. The maximum Gasteiger partial charge on any atom is 0.00371 e. The van der Waals surface area contributed by atoms with E-state index in [0.717, 1.165) is 12.1 Å². The van der Waals surface area contributed by atoms with Crippen molar-refractivity contribution in [2.24, 2.45) is 5.73 Å². The highest BCUT2D eigenvalue weighted by atomic mass is 15.1. The third-order valence-electron chi connectivity index (χ3n) is 3.51. The van der Waals surface area contributed by atoms with Crippen LogP contribution in [0, 0.1) is 0 Å². The molecule has 0 atom stereocenters. The predicted molar refractivity (Wildman–Crippen MR) is 71.3 cm³/mol. The van der Waals surface area contributed by atoms with Gasteiger partial charge in [0, 0.05) is 5.70 Å². The Balaban J connectivity index is 1.87. The summed E-state index contributed by atoms with van der Waals surface area (Å²) >= 11 is 0. The largest absolute Gasteiger partial charge is 0.402 e. The second kappa shape index (κ2) is 8.63. The lowest BCUT2D eigenvalue weighted by atomic mass is 10.1. The molecule has 16 heavy (non-hydrogen) atoms. The molecule has 1 fully saturated rings. The molecule has 2 nitrogen and oxygen atoms in total. The van der Waals surface area contributed by atoms with Crippen LogP contribution in [0.3, 0.4) is 0 Å². The van der Waals surface area contributed by atoms with Crippen LogP contribution in [0.4, 0.5) is 0 Å². The van der Waals surface area contributed by atoms with E-state index in [9.17, 15) is 0 Å². The molecule has 0 aromatic rings. The van der Waals surface area contributed by atoms with Crippen molar-refractivity contribution in [3.63, 3.8) is 0 Å². The molecule has 2 N–H and O–H groups in total. The highest BCUT2D eigenvalue weighted by Gasteiger charge is 2.08. The van der Waals surface area contributed by atoms with Gasteiger partial charge >= 0.3 is 0 Å². The zero-order valence-corrected chi connectivity index (χ0v) is 10.9. The molecule has 0 aromatic carbocycles. The lowest BCUT2D eigenvalue weighted by molar-refractivity contribution is 0.224. The second-order valence-electron chi connectivity index (χ2n) is 4.93. The fourth-order valence-corrected chi connectivity index (χ4v) is 2.35. The fraction of sp³-hybridized carbons (Fsp3) is 0.857. The molecule has 2 heteroatoms. The van der Waals surface area contributed by atoms with Gasteiger partial charge in [0.05, 0.1) is 0 Å². The van der Waals surface area contributed by atoms with E-state index in [0.29, 0.717) is 0 Å². The van der Waals surface area contributed by atoms with Gasteiger partial charge in [-0.15, -0.1) is 0 Å². The minimum atomic E-state index is 1.05. The van der Waals surface area contributed by atoms with Crippen LogP contribution < -0.4 is 5.73 Å². The normalized spacial score (nSPS) is 18.9. The third kappa shape index (κ3) is 6.16. The number of nitrogens with zero attached hydrogens (tertiary/aromatic N) is 1. The van der Waals surface area contributed by atoms with E-state index in [2.05, 4.69) is 4.90 Å². The Hall–Kier alpha value is -0.500. The SMILES string of the molecule is C/C=C(\N)CCCCCCN1CCCCC1. The van der Waals surface area contributed by atoms with Crippen molar-refractivity contribution in [1.29, 1.82) is 0 Å². The summed E-state index contributed by atoms with van der Waals surface area (Å²) in [5.74, 6) is 0. The van der Waals surface area contributed by atoms with E-state index in [1.165, 1.54) is 64.6 Å². The number of piperidine rings is 1. The summed E-state index contributed by atoms with van der Waals surface area (Å²) in [6.07, 6.45) is 12.7. The van der Waals surface area contributed by atoms with Crippen molar-refractivity contribution in [3.8, 4) is 0 Å². The topological polar surface area (TPSA) is 29.3 Å². The van der Waals surface area contributed by atoms with Crippen molar-refractivity contribution in [1.82, 2.24) is 4.90 Å². The molecule has 0 radical (unpaired) electrons. The molecule has 0 saturated carbocycles. The van der Waals surface area contributed by atoms with Crippen LogP contribution >= 0.6 is 0 Å². The molecule has 0 aliphatic carbocycles. The van der Waals surface area contributed by atoms with Crippen molar-refractivity contribution in [3.05, 3.63) is 11.8 Å². The summed E-state index contributed by atoms with van der Waals surface area (Å²) in [6, 6.07) is 0. The van der Waals surface area contributed by atoms with E-state index in [1.54, 1.807) is 0 Å². The average Bonchev–Trinajstić information content (AvgIpc) is 2.34. The Morgan fingerprint density at radius 3 is 2.44 bits per heavy atom. The van der Waals surface area contributed by atoms with Crippen LogP contribution in [-0.4, -0.2) is 24.5 Å². The Labute approximate surface area is 101 Å². The summed E-state index contributed by atoms with van der Waals surface area (Å²) in [6.45, 7) is 6.02. The number of rotatable bonds is 7. The number of nitrogens with two attached hydrogens (primary N) is 1. The van der Waals surface area contributed by atoms with Gasteiger partial charge in [0.1, 0.15) is 0 Å². The number of allylic oxidation sites excluding steroid dienone is 2. The first-order chi connectivity index (χ1) is 7.83. The highest BCUT2D eigenvalue weighted by Crippen LogP contribution is 2.11. The van der Waals surface area contributed by atoms with Crippen LogP contribution in [0.5, 0.6) is 0 Å². The third-order valence-corrected chi connectivity index (χ3v) is 3.51. The zero-order valence-electron chi connectivity index (χ0n) is 10.9. The molecule has 1 aliphatic heterocycles. The van der Waals surface area contributed by atoms with E-state index in [4.69, 9.17) is 5.73 Å². The number of unbranched alkanes of at least 4 members (excludes halogenated alkanes) is 3. The molecule has 0 spiro atoms. The lowest BCUT2D eigenvalue weighted by Crippen LogP contribution is -2.30. The number of hydrogen-bond donors (Lipinski definition) is 1. The Morgan fingerprint density at radius 1 is 1.06 bits per heavy atom. The molecular formula is C14H28N2. The van der Waals surface area contributed by atoms with Gasteiger partial charge in [-0.05, 0) is 58.7 Å². The van der Waals surface area contributed by atoms with Gasteiger partial charge in [0.25, 0.3) is 0 Å². The predicted octanol–water partition coefficient (Wildman–Crippen LogP) is 3.29. The van der Waals surface area contributed by atoms with Gasteiger partial charge in [-0.3, -0.25) is 0 Å². The van der Waals surface area contributed by atoms with Crippen molar-refractivity contribution >= 4 is 0 Å². The maximum atomic E-state index is 5.76. The van der Waals surface area contributed by atoms with Crippen molar-refractivity contribution in [2.45, 2.75) is 58.3 Å². The minimum Gasteiger partial charge on any atom is -0.402 e. The molecule has 0 aromatic heterocycles. The summed E-state index contributed by atoms with van der Waals surface area (Å²) < 4.78 is 0. The van der Waals surface area contributed by atoms with Gasteiger partial charge < -0.3 is 10.6 Å². The highest BCUT2D eigenvalue weighted by molar-refractivity contribution is 4.92. The monoisotopic (exact) mass is 224 g/mol. The quantitative estimate of drug-likeness (QED) is 0.672. The fourth-order valence-electron chi connectivity index (χ4n) is 2.35. The minimum absolute atomic E-state index is 1.05. The van der Waals surface area contributed by atoms with Gasteiger partial charge in [0.2, 0.25) is 0 Å². The van der Waals surface area contributed by atoms with Crippen molar-refractivity contribution in [2.75, 3.05) is 19.6 Å². The van der Waals surface area contributed by atoms with Crippen LogP contribution in [0.2, 0.25) is 0 Å². The van der Waals surface area contributed by atoms with Crippen LogP contribution in [0.15, 0.2) is 11.8 Å². The van der Waals surface area contributed by atoms with Gasteiger partial charge in [-0.25, -0.2) is 0 Å². The molecule has 0 amide bonds. The van der Waals surface area contributed by atoms with Crippen LogP contribution in [0.1, 0.15) is 58.3 Å². The van der Waals surface area contributed by atoms with Gasteiger partial charge in [-0.2, -0.15) is 0 Å². The van der Waals surface area contributed by atoms with Crippen molar-refractivity contribution < 1.29 is 0 Å². The van der Waals surface area contributed by atoms with Crippen LogP contribution in [0.25, 0.3) is 0 Å². The average molecular weight is 224 g/mol. The smallest absolute Gasteiger partial charge is 0.00371 e. The van der Waals surface area contributed by atoms with E-state index < -0.39 is 0 Å². The van der Waals surface area contributed by atoms with E-state index >= 15 is 0 Å². The van der Waals surface area contributed by atoms with Gasteiger partial charge in [-0.1, -0.05) is 25.3 Å². The standard InChI is InChI=1S/C14H28N2/c1-2-14(15)10-6-3-4-7-11-16-12-8-5-9-13-16/h2H,3-13,15H2,1H3/b14-2-. The zero-order chi connectivity index (χ0) is 11.6. The first-order valence-corrected chi connectivity index (χ1v) is 6.96. The first kappa shape index (κ1) is 13.6. The molecule has 1 rings (SSSR count). The molecule has 0 unspecified atom stereocenters. The van der Waals surface area contributed by atoms with Crippen LogP contribution in [-0.2, 0) is 0 Å². The second-order valence-corrected chi connectivity index (χ2v) is 4.93. The summed E-state index contributed by atoms with van der Waals surface area (Å²) in [5.41, 5.74) is 6.81. The van der Waals surface area contributed by atoms with E-state index in [1.807, 2.05) is 13.0 Å². The summed E-state index contributed by atoms with van der Waals surface area (Å²) in [7, 11) is 0.